The topological polar surface area (TPSA) is 32.3 Å². The number of aromatic nitrogens is 2. The maximum Gasteiger partial charge on any atom is 0.232 e. The minimum Gasteiger partial charge on any atom is -0.356 e. The molecule has 108 valence electrons. The van der Waals surface area contributed by atoms with Crippen molar-refractivity contribution < 1.29 is 0 Å². The van der Waals surface area contributed by atoms with Crippen molar-refractivity contribution in [3.8, 4) is 0 Å². The molecule has 1 saturated heterocycles. The molecule has 0 amide bonds. The summed E-state index contributed by atoms with van der Waals surface area (Å²) in [6.07, 6.45) is 5.49. The molecule has 21 heavy (non-hydrogen) atoms. The van der Waals surface area contributed by atoms with Crippen LogP contribution in [-0.4, -0.2) is 29.1 Å². The van der Waals surface area contributed by atoms with Crippen molar-refractivity contribution in [1.82, 2.24) is 9.97 Å². The Morgan fingerprint density at radius 3 is 2.76 bits per heavy atom. The molecule has 0 N–H and O–H groups in total. The lowest BCUT2D eigenvalue weighted by atomic mass is 10.1. The van der Waals surface area contributed by atoms with E-state index in [0.29, 0.717) is 6.04 Å². The maximum atomic E-state index is 4.83. The van der Waals surface area contributed by atoms with Crippen LogP contribution in [0.5, 0.6) is 0 Å². The number of hydrogen-bond acceptors (Lipinski definition) is 4. The quantitative estimate of drug-likeness (QED) is 0.846. The first-order valence-electron chi connectivity index (χ1n) is 7.78. The molecule has 1 aromatic carbocycles. The Morgan fingerprint density at radius 2 is 1.90 bits per heavy atom. The molecule has 0 bridgehead atoms. The number of rotatable bonds is 2. The van der Waals surface area contributed by atoms with Crippen LogP contribution in [0.2, 0.25) is 0 Å². The van der Waals surface area contributed by atoms with Crippen molar-refractivity contribution >= 4 is 17.5 Å². The summed E-state index contributed by atoms with van der Waals surface area (Å²) in [6, 6.07) is 11.0. The predicted octanol–water partition coefficient (Wildman–Crippen LogP) is 3.16. The molecule has 4 heteroatoms. The summed E-state index contributed by atoms with van der Waals surface area (Å²) < 4.78 is 0. The van der Waals surface area contributed by atoms with Gasteiger partial charge in [0.25, 0.3) is 0 Å². The molecule has 2 aromatic rings. The van der Waals surface area contributed by atoms with Crippen molar-refractivity contribution in [2.24, 2.45) is 0 Å². The molecule has 1 unspecified atom stereocenters. The van der Waals surface area contributed by atoms with E-state index in [1.807, 2.05) is 12.3 Å². The van der Waals surface area contributed by atoms with Gasteiger partial charge in [-0.3, -0.25) is 0 Å². The van der Waals surface area contributed by atoms with Gasteiger partial charge in [0.05, 0.1) is 0 Å². The third-order valence-corrected chi connectivity index (χ3v) is 4.48. The molecule has 0 spiro atoms. The van der Waals surface area contributed by atoms with E-state index < -0.39 is 0 Å². The first-order valence-corrected chi connectivity index (χ1v) is 7.78. The van der Waals surface area contributed by atoms with E-state index in [4.69, 9.17) is 4.98 Å². The van der Waals surface area contributed by atoms with Gasteiger partial charge < -0.3 is 9.80 Å². The van der Waals surface area contributed by atoms with Crippen LogP contribution in [0, 0.1) is 0 Å². The molecule has 3 heterocycles. The molecule has 0 radical (unpaired) electrons. The van der Waals surface area contributed by atoms with Crippen molar-refractivity contribution in [3.05, 3.63) is 42.1 Å². The van der Waals surface area contributed by atoms with Gasteiger partial charge in [-0.1, -0.05) is 18.2 Å². The minimum atomic E-state index is 0.413. The van der Waals surface area contributed by atoms with Gasteiger partial charge in [-0.25, -0.2) is 4.98 Å². The zero-order valence-corrected chi connectivity index (χ0v) is 12.4. The normalized spacial score (nSPS) is 20.9. The summed E-state index contributed by atoms with van der Waals surface area (Å²) in [7, 11) is 0. The van der Waals surface area contributed by atoms with Crippen LogP contribution in [-0.2, 0) is 6.42 Å². The SMILES string of the molecule is CC1Cc2ccccc2N1c1nccc(N2CCCC2)n1. The smallest absolute Gasteiger partial charge is 0.232 e. The lowest BCUT2D eigenvalue weighted by molar-refractivity contribution is 0.738. The maximum absolute atomic E-state index is 4.83. The molecule has 2 aliphatic rings. The third kappa shape index (κ3) is 2.15. The highest BCUT2D eigenvalue weighted by atomic mass is 15.3. The third-order valence-electron chi connectivity index (χ3n) is 4.48. The second-order valence-electron chi connectivity index (χ2n) is 5.96. The second kappa shape index (κ2) is 5.02. The van der Waals surface area contributed by atoms with Crippen molar-refractivity contribution in [2.45, 2.75) is 32.2 Å². The van der Waals surface area contributed by atoms with Crippen LogP contribution < -0.4 is 9.80 Å². The van der Waals surface area contributed by atoms with Gasteiger partial charge >= 0.3 is 0 Å². The molecule has 1 aromatic heterocycles. The summed E-state index contributed by atoms with van der Waals surface area (Å²) >= 11 is 0. The highest BCUT2D eigenvalue weighted by molar-refractivity contribution is 5.67. The molecule has 1 atom stereocenters. The average molecular weight is 280 g/mol. The number of benzene rings is 1. The molecule has 4 nitrogen and oxygen atoms in total. The molecular weight excluding hydrogens is 260 g/mol. The van der Waals surface area contributed by atoms with Crippen molar-refractivity contribution in [2.75, 3.05) is 22.9 Å². The number of anilines is 3. The number of nitrogens with zero attached hydrogens (tertiary/aromatic N) is 4. The van der Waals surface area contributed by atoms with Gasteiger partial charge in [0, 0.05) is 31.0 Å². The lowest BCUT2D eigenvalue weighted by Gasteiger charge is -2.24. The van der Waals surface area contributed by atoms with Crippen LogP contribution in [0.3, 0.4) is 0 Å². The Hall–Kier alpha value is -2.10. The van der Waals surface area contributed by atoms with Crippen LogP contribution >= 0.6 is 0 Å². The first-order chi connectivity index (χ1) is 10.3. The monoisotopic (exact) mass is 280 g/mol. The summed E-state index contributed by atoms with van der Waals surface area (Å²) in [4.78, 5) is 14.0. The Bertz CT molecular complexity index is 649. The fourth-order valence-electron chi connectivity index (χ4n) is 3.45. The van der Waals surface area contributed by atoms with E-state index >= 15 is 0 Å². The molecule has 1 fully saturated rings. The van der Waals surface area contributed by atoms with Gasteiger partial charge in [0.2, 0.25) is 5.95 Å². The molecule has 2 aliphatic heterocycles. The van der Waals surface area contributed by atoms with Crippen LogP contribution in [0.15, 0.2) is 36.5 Å². The summed E-state index contributed by atoms with van der Waals surface area (Å²) in [5, 5.41) is 0. The van der Waals surface area contributed by atoms with Gasteiger partial charge in [-0.15, -0.1) is 0 Å². The van der Waals surface area contributed by atoms with E-state index in [9.17, 15) is 0 Å². The van der Waals surface area contributed by atoms with E-state index in [1.54, 1.807) is 0 Å². The van der Waals surface area contributed by atoms with Crippen LogP contribution in [0.25, 0.3) is 0 Å². The minimum absolute atomic E-state index is 0.413. The van der Waals surface area contributed by atoms with Gasteiger partial charge in [0.15, 0.2) is 0 Å². The molecule has 4 rings (SSSR count). The zero-order valence-electron chi connectivity index (χ0n) is 12.4. The number of fused-ring (bicyclic) bond motifs is 1. The Kier molecular flexibility index (Phi) is 3.02. The van der Waals surface area contributed by atoms with Gasteiger partial charge in [-0.05, 0) is 43.9 Å². The number of hydrogen-bond donors (Lipinski definition) is 0. The second-order valence-corrected chi connectivity index (χ2v) is 5.96. The summed E-state index contributed by atoms with van der Waals surface area (Å²) in [5.41, 5.74) is 2.64. The largest absolute Gasteiger partial charge is 0.356 e. The van der Waals surface area contributed by atoms with E-state index in [0.717, 1.165) is 31.3 Å². The Labute approximate surface area is 125 Å². The average Bonchev–Trinajstić information content (AvgIpc) is 3.14. The molecule has 0 saturated carbocycles. The Balaban J connectivity index is 1.71. The van der Waals surface area contributed by atoms with Gasteiger partial charge in [0.1, 0.15) is 5.82 Å². The highest BCUT2D eigenvalue weighted by Gasteiger charge is 2.29. The van der Waals surface area contributed by atoms with Gasteiger partial charge in [-0.2, -0.15) is 4.98 Å². The molecular formula is C17H20N4. The van der Waals surface area contributed by atoms with Crippen LogP contribution in [0.1, 0.15) is 25.3 Å². The summed E-state index contributed by atoms with van der Waals surface area (Å²) in [6.45, 7) is 4.47. The standard InChI is InChI=1S/C17H20N4/c1-13-12-14-6-2-3-7-15(14)21(13)17-18-9-8-16(19-17)20-10-4-5-11-20/h2-3,6-9,13H,4-5,10-12H2,1H3. The van der Waals surface area contributed by atoms with E-state index in [1.165, 1.54) is 24.1 Å². The lowest BCUT2D eigenvalue weighted by Crippen LogP contribution is -2.27. The fraction of sp³-hybridized carbons (Fsp3) is 0.412. The number of para-hydroxylation sites is 1. The van der Waals surface area contributed by atoms with E-state index in [2.05, 4.69) is 46.0 Å². The van der Waals surface area contributed by atoms with Crippen molar-refractivity contribution in [3.63, 3.8) is 0 Å². The van der Waals surface area contributed by atoms with E-state index in [-0.39, 0.29) is 0 Å². The van der Waals surface area contributed by atoms with Crippen molar-refractivity contribution in [1.29, 1.82) is 0 Å². The predicted molar refractivity (Wildman–Crippen MR) is 85.2 cm³/mol. The zero-order chi connectivity index (χ0) is 14.2. The fourth-order valence-corrected chi connectivity index (χ4v) is 3.45. The summed E-state index contributed by atoms with van der Waals surface area (Å²) in [5.74, 6) is 1.89. The first kappa shape index (κ1) is 12.6. The molecule has 0 aliphatic carbocycles. The Morgan fingerprint density at radius 1 is 1.10 bits per heavy atom. The highest BCUT2D eigenvalue weighted by Crippen LogP contribution is 2.36. The van der Waals surface area contributed by atoms with Crippen LogP contribution in [0.4, 0.5) is 17.5 Å².